The standard InChI is InChI=1S/C28H25F9N2OS/c1-15(2)16-4-7-25(40-3)23(11-16)22-6-5-19(26(29,30)31)10-18(22)13-39-14-24(38-41-39)17-8-20(27(32,33)34)12-21(9-17)28(35,36)37/h4-12,15,24,38H,13-14H2,1-3H3. The summed E-state index contributed by atoms with van der Waals surface area (Å²) >= 11 is 0.910. The zero-order chi connectivity index (χ0) is 30.3. The molecule has 1 aliphatic heterocycles. The first-order valence-corrected chi connectivity index (χ1v) is 13.1. The van der Waals surface area contributed by atoms with Crippen LogP contribution in [0.15, 0.2) is 54.6 Å². The van der Waals surface area contributed by atoms with E-state index in [1.165, 1.54) is 13.2 Å². The summed E-state index contributed by atoms with van der Waals surface area (Å²) in [4.78, 5) is 0. The molecule has 4 rings (SSSR count). The molecule has 41 heavy (non-hydrogen) atoms. The highest BCUT2D eigenvalue weighted by atomic mass is 32.2. The molecule has 0 aliphatic carbocycles. The number of rotatable bonds is 6. The van der Waals surface area contributed by atoms with Gasteiger partial charge in [-0.25, -0.2) is 9.03 Å². The van der Waals surface area contributed by atoms with Crippen molar-refractivity contribution in [2.24, 2.45) is 0 Å². The Kier molecular flexibility index (Phi) is 8.64. The predicted molar refractivity (Wildman–Crippen MR) is 138 cm³/mol. The maximum atomic E-state index is 13.6. The topological polar surface area (TPSA) is 24.5 Å². The van der Waals surface area contributed by atoms with Crippen molar-refractivity contribution in [1.29, 1.82) is 0 Å². The number of ether oxygens (including phenoxy) is 1. The van der Waals surface area contributed by atoms with Crippen molar-refractivity contribution in [1.82, 2.24) is 9.03 Å². The zero-order valence-electron chi connectivity index (χ0n) is 21.9. The van der Waals surface area contributed by atoms with Gasteiger partial charge in [-0.15, -0.1) is 0 Å². The van der Waals surface area contributed by atoms with Crippen LogP contribution in [-0.2, 0) is 25.1 Å². The van der Waals surface area contributed by atoms with Crippen molar-refractivity contribution in [3.05, 3.63) is 88.0 Å². The van der Waals surface area contributed by atoms with Gasteiger partial charge in [0.1, 0.15) is 5.75 Å². The van der Waals surface area contributed by atoms with Gasteiger partial charge in [0.15, 0.2) is 0 Å². The van der Waals surface area contributed by atoms with Crippen LogP contribution in [0.2, 0.25) is 0 Å². The number of methoxy groups -OCH3 is 1. The van der Waals surface area contributed by atoms with E-state index in [2.05, 4.69) is 4.72 Å². The van der Waals surface area contributed by atoms with Gasteiger partial charge >= 0.3 is 18.5 Å². The van der Waals surface area contributed by atoms with E-state index in [1.54, 1.807) is 10.4 Å². The molecule has 1 N–H and O–H groups in total. The summed E-state index contributed by atoms with van der Waals surface area (Å²) in [5.41, 5.74) is -1.81. The van der Waals surface area contributed by atoms with Gasteiger partial charge in [-0.3, -0.25) is 0 Å². The molecule has 1 fully saturated rings. The fraction of sp³-hybridized carbons (Fsp3) is 0.357. The van der Waals surface area contributed by atoms with Crippen molar-refractivity contribution in [2.45, 2.75) is 50.9 Å². The fourth-order valence-corrected chi connectivity index (χ4v) is 5.43. The van der Waals surface area contributed by atoms with Gasteiger partial charge in [-0.2, -0.15) is 39.5 Å². The zero-order valence-corrected chi connectivity index (χ0v) is 22.7. The van der Waals surface area contributed by atoms with E-state index in [0.717, 1.165) is 29.8 Å². The highest BCUT2D eigenvalue weighted by Crippen LogP contribution is 2.42. The first-order valence-electron chi connectivity index (χ1n) is 12.3. The minimum atomic E-state index is -5.00. The van der Waals surface area contributed by atoms with Crippen LogP contribution in [0.1, 0.15) is 59.2 Å². The Labute approximate surface area is 234 Å². The smallest absolute Gasteiger partial charge is 0.416 e. The molecule has 3 nitrogen and oxygen atoms in total. The van der Waals surface area contributed by atoms with Gasteiger partial charge < -0.3 is 4.74 Å². The second-order valence-electron chi connectivity index (χ2n) is 9.91. The number of halogens is 9. The summed E-state index contributed by atoms with van der Waals surface area (Å²) in [6.45, 7) is 3.77. The van der Waals surface area contributed by atoms with Gasteiger partial charge in [0, 0.05) is 30.8 Å². The van der Waals surface area contributed by atoms with Gasteiger partial charge in [0.25, 0.3) is 0 Å². The molecule has 1 atom stereocenters. The Bertz CT molecular complexity index is 1370. The summed E-state index contributed by atoms with van der Waals surface area (Å²) < 4.78 is 131. The molecule has 222 valence electrons. The SMILES string of the molecule is COc1ccc(C(C)C)cc1-c1ccc(C(F)(F)F)cc1CN1CC(c2cc(C(F)(F)F)cc(C(F)(F)F)c2)NS1. The number of alkyl halides is 9. The van der Waals surface area contributed by atoms with E-state index in [1.807, 2.05) is 26.0 Å². The molecule has 1 aliphatic rings. The van der Waals surface area contributed by atoms with Crippen LogP contribution in [0.3, 0.4) is 0 Å². The average Bonchev–Trinajstić information content (AvgIpc) is 3.35. The lowest BCUT2D eigenvalue weighted by Gasteiger charge is -2.21. The summed E-state index contributed by atoms with van der Waals surface area (Å²) in [6.07, 6.45) is -14.6. The largest absolute Gasteiger partial charge is 0.496 e. The van der Waals surface area contributed by atoms with Crippen LogP contribution in [0, 0.1) is 0 Å². The van der Waals surface area contributed by atoms with Gasteiger partial charge in [0.05, 0.1) is 29.8 Å². The fourth-order valence-electron chi connectivity index (χ4n) is 4.52. The normalized spacial score (nSPS) is 17.0. The van der Waals surface area contributed by atoms with Gasteiger partial charge in [0.2, 0.25) is 0 Å². The van der Waals surface area contributed by atoms with Crippen molar-refractivity contribution >= 4 is 12.1 Å². The Morgan fingerprint density at radius 2 is 1.41 bits per heavy atom. The van der Waals surface area contributed by atoms with Crippen molar-refractivity contribution in [3.63, 3.8) is 0 Å². The molecule has 0 radical (unpaired) electrons. The molecule has 3 aromatic carbocycles. The van der Waals surface area contributed by atoms with Crippen molar-refractivity contribution in [3.8, 4) is 16.9 Å². The van der Waals surface area contributed by atoms with E-state index >= 15 is 0 Å². The summed E-state index contributed by atoms with van der Waals surface area (Å²) in [5, 5.41) is 0. The molecule has 0 bridgehead atoms. The molecule has 3 aromatic rings. The Morgan fingerprint density at radius 1 is 0.805 bits per heavy atom. The third-order valence-electron chi connectivity index (χ3n) is 6.68. The molecule has 1 unspecified atom stereocenters. The number of benzene rings is 3. The lowest BCUT2D eigenvalue weighted by Crippen LogP contribution is -2.19. The third kappa shape index (κ3) is 7.12. The van der Waals surface area contributed by atoms with Gasteiger partial charge in [-0.05, 0) is 70.6 Å². The van der Waals surface area contributed by atoms with Crippen molar-refractivity contribution < 1.29 is 44.3 Å². The third-order valence-corrected chi connectivity index (χ3v) is 7.61. The van der Waals surface area contributed by atoms with E-state index in [0.29, 0.717) is 29.0 Å². The second kappa shape index (κ2) is 11.4. The Hall–Kier alpha value is -2.90. The molecule has 0 spiro atoms. The maximum Gasteiger partial charge on any atom is 0.416 e. The summed E-state index contributed by atoms with van der Waals surface area (Å²) in [7, 11) is 1.44. The van der Waals surface area contributed by atoms with E-state index in [-0.39, 0.29) is 36.2 Å². The molecule has 0 amide bonds. The lowest BCUT2D eigenvalue weighted by atomic mass is 9.92. The molecular weight excluding hydrogens is 583 g/mol. The van der Waals surface area contributed by atoms with E-state index in [9.17, 15) is 39.5 Å². The number of hydrogen-bond acceptors (Lipinski definition) is 4. The molecule has 1 saturated heterocycles. The average molecular weight is 609 g/mol. The van der Waals surface area contributed by atoms with Crippen LogP contribution in [-0.4, -0.2) is 18.0 Å². The van der Waals surface area contributed by atoms with Crippen LogP contribution in [0.4, 0.5) is 39.5 Å². The maximum absolute atomic E-state index is 13.6. The molecule has 0 saturated carbocycles. The Balaban J connectivity index is 1.70. The highest BCUT2D eigenvalue weighted by Gasteiger charge is 2.39. The monoisotopic (exact) mass is 608 g/mol. The number of hydrogen-bond donors (Lipinski definition) is 1. The molecule has 0 aromatic heterocycles. The van der Waals surface area contributed by atoms with Gasteiger partial charge in [-0.1, -0.05) is 26.0 Å². The number of nitrogens with one attached hydrogen (secondary N) is 1. The second-order valence-corrected chi connectivity index (χ2v) is 10.8. The summed E-state index contributed by atoms with van der Waals surface area (Å²) in [6, 6.07) is 9.10. The van der Waals surface area contributed by atoms with Crippen LogP contribution < -0.4 is 9.46 Å². The predicted octanol–water partition coefficient (Wildman–Crippen LogP) is 9.25. The quantitative estimate of drug-likeness (QED) is 0.223. The first-order chi connectivity index (χ1) is 19.0. The number of nitrogens with zero attached hydrogens (tertiary/aromatic N) is 1. The Morgan fingerprint density at radius 3 is 1.95 bits per heavy atom. The lowest BCUT2D eigenvalue weighted by molar-refractivity contribution is -0.143. The van der Waals surface area contributed by atoms with Crippen LogP contribution in [0.5, 0.6) is 5.75 Å². The molecule has 1 heterocycles. The van der Waals surface area contributed by atoms with Crippen LogP contribution >= 0.6 is 12.1 Å². The molecule has 13 heteroatoms. The molecular formula is C28H25F9N2OS. The summed E-state index contributed by atoms with van der Waals surface area (Å²) in [5.74, 6) is 0.551. The first kappa shape index (κ1) is 31.0. The minimum Gasteiger partial charge on any atom is -0.496 e. The van der Waals surface area contributed by atoms with Crippen LogP contribution in [0.25, 0.3) is 11.1 Å². The van der Waals surface area contributed by atoms with Crippen molar-refractivity contribution in [2.75, 3.05) is 13.7 Å². The van der Waals surface area contributed by atoms with E-state index in [4.69, 9.17) is 4.74 Å². The minimum absolute atomic E-state index is 0.0525. The van der Waals surface area contributed by atoms with E-state index < -0.39 is 41.3 Å². The highest BCUT2D eigenvalue weighted by molar-refractivity contribution is 7.95.